The molecule has 5 nitrogen and oxygen atoms in total. The molecule has 1 heterocycles. The van der Waals surface area contributed by atoms with Gasteiger partial charge in [0.15, 0.2) is 11.8 Å². The monoisotopic (exact) mass is 550 g/mol. The molecular weight excluding hydrogens is 524 g/mol. The van der Waals surface area contributed by atoms with Gasteiger partial charge in [-0.05, 0) is 43.9 Å². The highest BCUT2D eigenvalue weighted by molar-refractivity contribution is 6.33. The lowest BCUT2D eigenvalue weighted by atomic mass is 9.78. The topological polar surface area (TPSA) is 73.6 Å². The zero-order valence-corrected chi connectivity index (χ0v) is 21.3. The van der Waals surface area contributed by atoms with E-state index < -0.39 is 46.3 Å². The molecule has 2 aromatic carbocycles. The highest BCUT2D eigenvalue weighted by Gasteiger charge is 2.48. The summed E-state index contributed by atoms with van der Waals surface area (Å²) in [6, 6.07) is 10.4. The van der Waals surface area contributed by atoms with Crippen molar-refractivity contribution in [2.45, 2.75) is 50.2 Å². The van der Waals surface area contributed by atoms with Crippen molar-refractivity contribution < 1.29 is 31.8 Å². The fourth-order valence-electron chi connectivity index (χ4n) is 5.24. The van der Waals surface area contributed by atoms with Gasteiger partial charge in [-0.1, -0.05) is 48.0 Å². The molecule has 202 valence electrons. The molecule has 1 amide bonds. The van der Waals surface area contributed by atoms with Crippen LogP contribution in [0.15, 0.2) is 54.1 Å². The highest BCUT2D eigenvalue weighted by atomic mass is 35.5. The van der Waals surface area contributed by atoms with Crippen molar-refractivity contribution in [1.29, 1.82) is 0 Å². The van der Waals surface area contributed by atoms with Gasteiger partial charge in [0.1, 0.15) is 17.2 Å². The van der Waals surface area contributed by atoms with Crippen molar-refractivity contribution in [3.05, 3.63) is 81.7 Å². The van der Waals surface area contributed by atoms with Crippen LogP contribution in [0.4, 0.5) is 17.6 Å². The fourth-order valence-corrected chi connectivity index (χ4v) is 5.51. The van der Waals surface area contributed by atoms with E-state index in [1.54, 1.807) is 0 Å². The first kappa shape index (κ1) is 26.7. The third kappa shape index (κ3) is 4.83. The largest absolute Gasteiger partial charge is 0.480 e. The molecule has 0 saturated heterocycles. The lowest BCUT2D eigenvalue weighted by Crippen LogP contribution is -2.43. The van der Waals surface area contributed by atoms with Crippen LogP contribution in [0.1, 0.15) is 36.5 Å². The third-order valence-electron chi connectivity index (χ3n) is 7.40. The fraction of sp³-hybridized carbons (Fsp3) is 0.393. The molecule has 5 rings (SSSR count). The lowest BCUT2D eigenvalue weighted by molar-refractivity contribution is -0.198. The zero-order valence-electron chi connectivity index (χ0n) is 20.6. The Balaban J connectivity index is 1.65. The van der Waals surface area contributed by atoms with Crippen LogP contribution in [0.2, 0.25) is 5.02 Å². The molecule has 3 aliphatic rings. The molecule has 0 aromatic heterocycles. The summed E-state index contributed by atoms with van der Waals surface area (Å²) in [7, 11) is 0. The van der Waals surface area contributed by atoms with Crippen LogP contribution in [0.25, 0.3) is 5.57 Å². The van der Waals surface area contributed by atoms with E-state index in [0.717, 1.165) is 50.1 Å². The number of rotatable bonds is 9. The van der Waals surface area contributed by atoms with Crippen LogP contribution in [-0.4, -0.2) is 37.4 Å². The summed E-state index contributed by atoms with van der Waals surface area (Å²) in [6.45, 7) is -1.04. The maximum absolute atomic E-state index is 16.1. The van der Waals surface area contributed by atoms with Crippen LogP contribution in [0.5, 0.6) is 5.75 Å². The van der Waals surface area contributed by atoms with E-state index >= 15 is 8.78 Å². The summed E-state index contributed by atoms with van der Waals surface area (Å²) in [5, 5.41) is 2.97. The third-order valence-corrected chi connectivity index (χ3v) is 7.77. The molecule has 38 heavy (non-hydrogen) atoms. The Kier molecular flexibility index (Phi) is 7.04. The number of amides is 1. The van der Waals surface area contributed by atoms with E-state index in [4.69, 9.17) is 22.1 Å². The Hall–Kier alpha value is -2.88. The van der Waals surface area contributed by atoms with Crippen molar-refractivity contribution in [2.24, 2.45) is 11.7 Å². The van der Waals surface area contributed by atoms with E-state index in [2.05, 4.69) is 10.1 Å². The minimum atomic E-state index is -3.31. The van der Waals surface area contributed by atoms with Gasteiger partial charge >= 0.3 is 6.61 Å². The van der Waals surface area contributed by atoms with E-state index in [9.17, 15) is 13.6 Å². The van der Waals surface area contributed by atoms with E-state index in [-0.39, 0.29) is 23.3 Å². The average Bonchev–Trinajstić information content (AvgIpc) is 3.61. The van der Waals surface area contributed by atoms with E-state index in [1.165, 1.54) is 0 Å². The van der Waals surface area contributed by atoms with Gasteiger partial charge in [0, 0.05) is 41.3 Å². The number of primary amides is 1. The van der Waals surface area contributed by atoms with Crippen molar-refractivity contribution in [3.8, 4) is 5.75 Å². The van der Waals surface area contributed by atoms with Crippen LogP contribution in [0.3, 0.4) is 0 Å². The molecule has 2 aliphatic carbocycles. The summed E-state index contributed by atoms with van der Waals surface area (Å²) in [5.41, 5.74) is 2.67. The molecule has 0 radical (unpaired) electrons. The smallest absolute Gasteiger partial charge is 0.346 e. The van der Waals surface area contributed by atoms with Gasteiger partial charge in [0.25, 0.3) is 0 Å². The van der Waals surface area contributed by atoms with Crippen LogP contribution >= 0.6 is 11.6 Å². The SMILES string of the molecule is CC1(OC(F)F)C=CC(C(N)=O)=C(c2c(Cl)c(F)cc3c2C[C@@](CNCC2CC2)(c2ccccc2)O3)C1F. The maximum Gasteiger partial charge on any atom is 0.346 e. The number of fused-ring (bicyclic) bond motifs is 1. The number of nitrogens with two attached hydrogens (primary N) is 1. The van der Waals surface area contributed by atoms with E-state index in [1.807, 2.05) is 30.3 Å². The van der Waals surface area contributed by atoms with Gasteiger partial charge < -0.3 is 20.5 Å². The van der Waals surface area contributed by atoms with Crippen LogP contribution in [-0.2, 0) is 21.6 Å². The molecule has 0 bridgehead atoms. The molecule has 2 aromatic rings. The van der Waals surface area contributed by atoms with Gasteiger partial charge in [0.05, 0.1) is 5.02 Å². The Bertz CT molecular complexity index is 1310. The molecule has 0 spiro atoms. The summed E-state index contributed by atoms with van der Waals surface area (Å²) in [4.78, 5) is 12.4. The van der Waals surface area contributed by atoms with Gasteiger partial charge in [-0.25, -0.2) is 8.78 Å². The van der Waals surface area contributed by atoms with Gasteiger partial charge in [0.2, 0.25) is 5.91 Å². The Morgan fingerprint density at radius 3 is 2.63 bits per heavy atom. The molecule has 1 saturated carbocycles. The van der Waals surface area contributed by atoms with Crippen LogP contribution in [0, 0.1) is 11.7 Å². The van der Waals surface area contributed by atoms with Crippen molar-refractivity contribution >= 4 is 23.1 Å². The van der Waals surface area contributed by atoms with Gasteiger partial charge in [-0.15, -0.1) is 0 Å². The predicted octanol–water partition coefficient (Wildman–Crippen LogP) is 5.45. The molecule has 1 fully saturated rings. The molecular formula is C28H27ClF4N2O3. The first-order valence-electron chi connectivity index (χ1n) is 12.3. The normalized spacial score (nSPS) is 26.6. The quantitative estimate of drug-likeness (QED) is 0.407. The highest BCUT2D eigenvalue weighted by Crippen LogP contribution is 2.51. The minimum Gasteiger partial charge on any atom is -0.480 e. The molecule has 1 aliphatic heterocycles. The second-order valence-electron chi connectivity index (χ2n) is 10.2. The van der Waals surface area contributed by atoms with Crippen LogP contribution < -0.4 is 15.8 Å². The molecule has 10 heteroatoms. The molecule has 2 unspecified atom stereocenters. The van der Waals surface area contributed by atoms with Gasteiger partial charge in [-0.2, -0.15) is 8.78 Å². The summed E-state index contributed by atoms with van der Waals surface area (Å²) >= 11 is 6.43. The number of ether oxygens (including phenoxy) is 2. The van der Waals surface area contributed by atoms with Gasteiger partial charge in [-0.3, -0.25) is 4.79 Å². The maximum atomic E-state index is 16.1. The summed E-state index contributed by atoms with van der Waals surface area (Å²) < 4.78 is 68.8. The Morgan fingerprint density at radius 1 is 1.29 bits per heavy atom. The molecule has 3 atom stereocenters. The number of hydrogen-bond acceptors (Lipinski definition) is 4. The van der Waals surface area contributed by atoms with Crippen molar-refractivity contribution in [1.82, 2.24) is 5.32 Å². The molecule has 3 N–H and O–H groups in total. The number of nitrogens with one attached hydrogen (secondary N) is 1. The zero-order chi connectivity index (χ0) is 27.2. The number of alkyl halides is 3. The second kappa shape index (κ2) is 10.0. The first-order chi connectivity index (χ1) is 18.0. The first-order valence-corrected chi connectivity index (χ1v) is 12.7. The average molecular weight is 551 g/mol. The number of carbonyl (C=O) groups is 1. The number of carbonyl (C=O) groups excluding carboxylic acids is 1. The van der Waals surface area contributed by atoms with E-state index in [0.29, 0.717) is 18.0 Å². The number of hydrogen-bond donors (Lipinski definition) is 2. The lowest BCUT2D eigenvalue weighted by Gasteiger charge is -2.35. The predicted molar refractivity (Wildman–Crippen MR) is 135 cm³/mol. The second-order valence-corrected chi connectivity index (χ2v) is 10.6. The standard InChI is InChI=1S/C28H27ClF4N2O3/c1-27(38-26(32)33)10-9-17(25(34)36)22(24(27)31)21-18-12-28(14-35-13-15-7-8-15,16-5-3-2-4-6-16)37-20(18)11-19(30)23(21)29/h2-6,9-11,15,24,26,35H,7-8,12-14H2,1H3,(H2,34,36)/t24?,27?,28-/m1/s1. The Morgan fingerprint density at radius 2 is 2.00 bits per heavy atom. The number of benzene rings is 2. The summed E-state index contributed by atoms with van der Waals surface area (Å²) in [5.74, 6) is -1.23. The number of halogens is 5. The van der Waals surface area contributed by atoms with Crippen molar-refractivity contribution in [2.75, 3.05) is 13.1 Å². The summed E-state index contributed by atoms with van der Waals surface area (Å²) in [6.07, 6.45) is 2.25. The Labute approximate surface area is 222 Å². The van der Waals surface area contributed by atoms with Crippen molar-refractivity contribution in [3.63, 3.8) is 0 Å². The minimum absolute atomic E-state index is 0.119.